The molecule has 0 heterocycles. The zero-order valence-electron chi connectivity index (χ0n) is 40.5. The van der Waals surface area contributed by atoms with E-state index >= 15 is 4.79 Å². The van der Waals surface area contributed by atoms with Crippen molar-refractivity contribution in [1.82, 2.24) is 0 Å². The average Bonchev–Trinajstić information content (AvgIpc) is 3.90. The number of carbonyl (C=O) groups excluding carboxylic acids is 2. The SMILES string of the molecule is CC(O)CC(C(=O)O)=C1CCC2(N=C(N)N)C=CC3(CC4(O)C=CC5(O)C6=C7C(=O)CC3(C3CCCC3)C64CCC#CCC3(C)C(=O)CCC7(C)C3C5C3=Cc4ccccc4CC3)C(C)C2(O)C1O. The number of hydrogen-bond acceptors (Lipinski definition) is 9. The maximum Gasteiger partial charge on any atom is 0.331 e. The second-order valence-corrected chi connectivity index (χ2v) is 23.8. The van der Waals surface area contributed by atoms with E-state index in [1.165, 1.54) is 12.5 Å². The fourth-order valence-electron chi connectivity index (χ4n) is 18.7. The Labute approximate surface area is 404 Å². The van der Waals surface area contributed by atoms with E-state index in [0.717, 1.165) is 30.4 Å². The summed E-state index contributed by atoms with van der Waals surface area (Å²) in [5.41, 5.74) is 3.29. The Hall–Kier alpha value is -4.64. The number of aliphatic hydroxyl groups excluding tert-OH is 2. The van der Waals surface area contributed by atoms with E-state index < -0.39 is 85.3 Å². The third-order valence-electron chi connectivity index (χ3n) is 21.1. The third kappa shape index (κ3) is 5.49. The number of rotatable bonds is 6. The van der Waals surface area contributed by atoms with E-state index in [1.54, 1.807) is 18.2 Å². The molecule has 0 amide bonds. The van der Waals surface area contributed by atoms with E-state index in [1.807, 2.05) is 32.1 Å². The molecule has 2 spiro atoms. The van der Waals surface area contributed by atoms with Crippen LogP contribution in [0.5, 0.6) is 0 Å². The number of guanidine groups is 1. The van der Waals surface area contributed by atoms with Crippen LogP contribution in [0.2, 0.25) is 0 Å². The number of nitrogens with zero attached hydrogens (tertiary/aromatic N) is 1. The number of carbonyl (C=O) groups is 3. The van der Waals surface area contributed by atoms with Crippen LogP contribution in [-0.2, 0) is 20.8 Å². The molecule has 10 N–H and O–H groups in total. The number of aliphatic imine (C=N–C) groups is 1. The summed E-state index contributed by atoms with van der Waals surface area (Å²) in [5, 5.41) is 77.3. The topological polar surface area (TPSA) is 237 Å². The third-order valence-corrected chi connectivity index (χ3v) is 21.1. The quantitative estimate of drug-likeness (QED) is 0.0547. The van der Waals surface area contributed by atoms with Gasteiger partial charge in [0.1, 0.15) is 28.6 Å². The lowest BCUT2D eigenvalue weighted by atomic mass is 9.31. The van der Waals surface area contributed by atoms with Gasteiger partial charge in [-0.2, -0.15) is 0 Å². The van der Waals surface area contributed by atoms with Gasteiger partial charge >= 0.3 is 5.97 Å². The first-order valence-corrected chi connectivity index (χ1v) is 25.6. The first-order chi connectivity index (χ1) is 32.6. The number of carboxylic acid groups (broad SMARTS) is 1. The molecule has 0 aliphatic heterocycles. The molecule has 69 heavy (non-hydrogen) atoms. The lowest BCUT2D eigenvalue weighted by molar-refractivity contribution is -0.215. The number of nitrogens with two attached hydrogens (primary N) is 2. The highest BCUT2D eigenvalue weighted by Gasteiger charge is 2.87. The number of aliphatic carboxylic acids is 1. The largest absolute Gasteiger partial charge is 0.478 e. The molecular weight excluding hydrogens is 871 g/mol. The van der Waals surface area contributed by atoms with Crippen molar-refractivity contribution in [3.8, 4) is 11.8 Å². The van der Waals surface area contributed by atoms with Gasteiger partial charge in [-0.1, -0.05) is 87.8 Å². The number of fused-ring (bicyclic) bond motifs is 4. The maximum atomic E-state index is 16.5. The van der Waals surface area contributed by atoms with E-state index in [4.69, 9.17) is 16.5 Å². The molecule has 4 saturated carbocycles. The number of aliphatic hydroxyl groups is 5. The Morgan fingerprint density at radius 3 is 2.38 bits per heavy atom. The molecule has 1 aromatic carbocycles. The van der Waals surface area contributed by atoms with Crippen LogP contribution in [-0.4, -0.2) is 88.7 Å². The minimum absolute atomic E-state index is 0.000753. The lowest BCUT2D eigenvalue weighted by Gasteiger charge is -2.72. The second-order valence-electron chi connectivity index (χ2n) is 23.8. The van der Waals surface area contributed by atoms with Crippen LogP contribution in [0.15, 0.2) is 81.4 Å². The van der Waals surface area contributed by atoms with Gasteiger partial charge in [0.2, 0.25) is 0 Å². The number of aryl methyl sites for hydroxylation is 1. The number of benzene rings is 1. The van der Waals surface area contributed by atoms with Crippen molar-refractivity contribution in [2.24, 2.45) is 67.2 Å². The van der Waals surface area contributed by atoms with Crippen LogP contribution in [0.1, 0.15) is 135 Å². The van der Waals surface area contributed by atoms with Gasteiger partial charge in [-0.3, -0.25) is 9.59 Å². The molecule has 0 aromatic heterocycles. The highest BCUT2D eigenvalue weighted by atomic mass is 16.4. The van der Waals surface area contributed by atoms with Crippen molar-refractivity contribution in [3.63, 3.8) is 0 Å². The summed E-state index contributed by atoms with van der Waals surface area (Å²) in [7, 11) is 0. The summed E-state index contributed by atoms with van der Waals surface area (Å²) in [6.45, 7) is 7.47. The van der Waals surface area contributed by atoms with E-state index in [2.05, 4.69) is 37.0 Å². The number of allylic oxidation sites excluding steroid dienone is 2. The van der Waals surface area contributed by atoms with E-state index in [-0.39, 0.29) is 86.0 Å². The first kappa shape index (κ1) is 46.7. The standard InChI is InChI=1S/C57H69N3O9/c1-32(61)28-39(47(65)66)38-18-23-52(60-48(58)59)25-24-51(33(2)57(52,69)46(38)64)31-53(67)26-27-54(68)42(36-17-16-34-12-6-7-13-35(34)29-36)44-49(3)20-10-5-11-21-55(53)45(54)43(50(44,4)22-19-41(49)63)40(62)30-56(51,55)37-14-8-9-15-37/h6-7,12-13,24-27,29,32-33,37,42,44,46,61,64,67-69H,8-9,11,14-23,28,30-31H2,1-4H3,(H,65,66)(H4,58,59,60). The summed E-state index contributed by atoms with van der Waals surface area (Å²) >= 11 is 0. The molecule has 14 unspecified atom stereocenters. The number of Topliss-reactive ketones (excluding diaryl/α,β-unsaturated/α-hetero) is 2. The predicted octanol–water partition coefficient (Wildman–Crippen LogP) is 5.94. The summed E-state index contributed by atoms with van der Waals surface area (Å²) in [4.78, 5) is 49.0. The number of hydrogen-bond donors (Lipinski definition) is 8. The fraction of sp³-hybridized carbons (Fsp3) is 0.614. The molecule has 0 saturated heterocycles. The van der Waals surface area contributed by atoms with Crippen molar-refractivity contribution < 1.29 is 45.0 Å². The van der Waals surface area contributed by atoms with E-state index in [9.17, 15) is 40.2 Å². The van der Waals surface area contributed by atoms with Crippen LogP contribution in [0.4, 0.5) is 0 Å². The molecule has 10 aliphatic carbocycles. The molecule has 1 aromatic rings. The Balaban J connectivity index is 1.25. The van der Waals surface area contributed by atoms with Crippen molar-refractivity contribution in [3.05, 3.63) is 87.6 Å². The highest BCUT2D eigenvalue weighted by Crippen LogP contribution is 2.87. The summed E-state index contributed by atoms with van der Waals surface area (Å²) in [5.74, 6) is 2.83. The first-order valence-electron chi connectivity index (χ1n) is 25.6. The van der Waals surface area contributed by atoms with Gasteiger partial charge in [-0.15, -0.1) is 11.8 Å². The molecule has 0 radical (unpaired) electrons. The van der Waals surface area contributed by atoms with Gasteiger partial charge in [-0.25, -0.2) is 9.79 Å². The predicted molar refractivity (Wildman–Crippen MR) is 259 cm³/mol. The average molecular weight is 940 g/mol. The van der Waals surface area contributed by atoms with Gasteiger partial charge in [0, 0.05) is 82.2 Å². The van der Waals surface area contributed by atoms with Gasteiger partial charge in [-0.05, 0) is 105 Å². The highest BCUT2D eigenvalue weighted by molar-refractivity contribution is 6.02. The van der Waals surface area contributed by atoms with Gasteiger partial charge in [0.25, 0.3) is 0 Å². The second kappa shape index (κ2) is 15.0. The van der Waals surface area contributed by atoms with Crippen LogP contribution in [0.25, 0.3) is 6.08 Å². The van der Waals surface area contributed by atoms with Crippen LogP contribution in [0, 0.1) is 62.6 Å². The van der Waals surface area contributed by atoms with Crippen LogP contribution in [0.3, 0.4) is 0 Å². The van der Waals surface area contributed by atoms with Gasteiger partial charge in [0.15, 0.2) is 11.7 Å². The summed E-state index contributed by atoms with van der Waals surface area (Å²) in [6, 6.07) is 8.27. The van der Waals surface area contributed by atoms with Gasteiger partial charge < -0.3 is 42.1 Å². The smallest absolute Gasteiger partial charge is 0.331 e. The zero-order valence-corrected chi connectivity index (χ0v) is 40.5. The van der Waals surface area contributed by atoms with Crippen molar-refractivity contribution >= 4 is 29.6 Å². The Kier molecular flexibility index (Phi) is 10.1. The summed E-state index contributed by atoms with van der Waals surface area (Å²) in [6.07, 6.45) is 12.4. The molecule has 14 atom stereocenters. The van der Waals surface area contributed by atoms with Crippen molar-refractivity contribution in [2.75, 3.05) is 0 Å². The minimum Gasteiger partial charge on any atom is -0.478 e. The van der Waals surface area contributed by atoms with E-state index in [0.29, 0.717) is 43.3 Å². The van der Waals surface area contributed by atoms with Crippen molar-refractivity contribution in [1.29, 1.82) is 0 Å². The normalized spacial score (nSPS) is 46.0. The monoisotopic (exact) mass is 940 g/mol. The Bertz CT molecular complexity index is 2750. The number of carboxylic acids is 1. The van der Waals surface area contributed by atoms with Crippen molar-refractivity contribution in [2.45, 2.75) is 165 Å². The Morgan fingerprint density at radius 1 is 0.928 bits per heavy atom. The molecule has 10 aliphatic rings. The molecular formula is C57H69N3O9. The molecule has 366 valence electrons. The number of ketones is 2. The zero-order chi connectivity index (χ0) is 49.1. The fourth-order valence-corrected chi connectivity index (χ4v) is 18.7. The van der Waals surface area contributed by atoms with Gasteiger partial charge in [0.05, 0.1) is 11.7 Å². The maximum absolute atomic E-state index is 16.5. The minimum atomic E-state index is -2.31. The molecule has 4 bridgehead atoms. The molecule has 12 nitrogen and oxygen atoms in total. The van der Waals surface area contributed by atoms with Crippen LogP contribution < -0.4 is 11.5 Å². The van der Waals surface area contributed by atoms with Crippen LogP contribution >= 0.6 is 0 Å². The molecule has 11 rings (SSSR count). The molecule has 4 fully saturated rings. The Morgan fingerprint density at radius 2 is 1.67 bits per heavy atom. The molecule has 12 heteroatoms. The summed E-state index contributed by atoms with van der Waals surface area (Å²) < 4.78 is 0. The lowest BCUT2D eigenvalue weighted by Crippen LogP contribution is -2.75.